The first-order valence-corrected chi connectivity index (χ1v) is 7.89. The van der Waals surface area contributed by atoms with Crippen molar-refractivity contribution >= 4 is 5.91 Å². The van der Waals surface area contributed by atoms with Gasteiger partial charge in [0.15, 0.2) is 0 Å². The Hall–Kier alpha value is -1.39. The molecular formula is C17H24N2O2. The molecule has 0 saturated carbocycles. The number of carbonyl (C=O) groups is 1. The molecule has 2 unspecified atom stereocenters. The van der Waals surface area contributed by atoms with E-state index in [1.54, 1.807) is 0 Å². The van der Waals surface area contributed by atoms with E-state index in [0.717, 1.165) is 32.5 Å². The Morgan fingerprint density at radius 1 is 1.33 bits per heavy atom. The van der Waals surface area contributed by atoms with Crippen LogP contribution in [0.1, 0.15) is 24.5 Å². The third-order valence-electron chi connectivity index (χ3n) is 4.92. The zero-order chi connectivity index (χ0) is 14.8. The summed E-state index contributed by atoms with van der Waals surface area (Å²) in [6.45, 7) is 5.52. The molecule has 2 atom stereocenters. The molecule has 1 fully saturated rings. The van der Waals surface area contributed by atoms with Crippen molar-refractivity contribution in [3.8, 4) is 0 Å². The van der Waals surface area contributed by atoms with Crippen LogP contribution in [0.5, 0.6) is 0 Å². The van der Waals surface area contributed by atoms with Crippen LogP contribution in [0, 0.1) is 5.92 Å². The van der Waals surface area contributed by atoms with E-state index in [1.807, 2.05) is 11.8 Å². The number of hydrogen-bond acceptors (Lipinski definition) is 3. The molecule has 1 aromatic carbocycles. The van der Waals surface area contributed by atoms with Gasteiger partial charge in [-0.25, -0.2) is 0 Å². The average Bonchev–Trinajstić information content (AvgIpc) is 3.02. The van der Waals surface area contributed by atoms with Gasteiger partial charge in [-0.3, -0.25) is 9.69 Å². The van der Waals surface area contributed by atoms with Crippen LogP contribution in [0.2, 0.25) is 0 Å². The molecule has 4 nitrogen and oxygen atoms in total. The zero-order valence-corrected chi connectivity index (χ0v) is 12.7. The summed E-state index contributed by atoms with van der Waals surface area (Å²) in [6, 6.07) is 8.43. The van der Waals surface area contributed by atoms with Crippen molar-refractivity contribution in [1.82, 2.24) is 9.80 Å². The smallest absolute Gasteiger partial charge is 0.239 e. The first kappa shape index (κ1) is 14.5. The van der Waals surface area contributed by atoms with Gasteiger partial charge in [0, 0.05) is 38.7 Å². The van der Waals surface area contributed by atoms with Gasteiger partial charge in [-0.1, -0.05) is 24.3 Å². The van der Waals surface area contributed by atoms with Crippen LogP contribution < -0.4 is 0 Å². The molecule has 2 aliphatic rings. The molecule has 1 amide bonds. The van der Waals surface area contributed by atoms with Crippen molar-refractivity contribution in [2.45, 2.75) is 32.4 Å². The van der Waals surface area contributed by atoms with Gasteiger partial charge in [0.2, 0.25) is 5.91 Å². The van der Waals surface area contributed by atoms with Crippen molar-refractivity contribution in [2.24, 2.45) is 5.92 Å². The molecule has 1 saturated heterocycles. The second-order valence-electron chi connectivity index (χ2n) is 6.29. The van der Waals surface area contributed by atoms with Gasteiger partial charge in [-0.05, 0) is 30.9 Å². The summed E-state index contributed by atoms with van der Waals surface area (Å²) in [5, 5.41) is 9.21. The number of aliphatic hydroxyl groups excluding tert-OH is 1. The highest BCUT2D eigenvalue weighted by Gasteiger charge is 2.32. The number of fused-ring (bicyclic) bond motifs is 1. The molecule has 2 aliphatic heterocycles. The van der Waals surface area contributed by atoms with Gasteiger partial charge in [-0.2, -0.15) is 0 Å². The summed E-state index contributed by atoms with van der Waals surface area (Å²) in [5.41, 5.74) is 2.76. The third-order valence-corrected chi connectivity index (χ3v) is 4.92. The summed E-state index contributed by atoms with van der Waals surface area (Å²) >= 11 is 0. The monoisotopic (exact) mass is 288 g/mol. The molecule has 3 rings (SSSR count). The van der Waals surface area contributed by atoms with Crippen LogP contribution in [-0.4, -0.2) is 53.1 Å². The minimum atomic E-state index is -0.0733. The number of carbonyl (C=O) groups excluding carboxylic acids is 1. The molecule has 114 valence electrons. The Morgan fingerprint density at radius 3 is 2.81 bits per heavy atom. The van der Waals surface area contributed by atoms with Crippen LogP contribution in [0.4, 0.5) is 0 Å². The topological polar surface area (TPSA) is 43.8 Å². The molecule has 1 aromatic rings. The number of likely N-dealkylation sites (tertiary alicyclic amines) is 1. The van der Waals surface area contributed by atoms with E-state index in [0.29, 0.717) is 6.54 Å². The van der Waals surface area contributed by atoms with Crippen molar-refractivity contribution in [1.29, 1.82) is 0 Å². The highest BCUT2D eigenvalue weighted by Crippen LogP contribution is 2.22. The molecule has 2 heterocycles. The van der Waals surface area contributed by atoms with Crippen LogP contribution in [-0.2, 0) is 17.8 Å². The first-order valence-electron chi connectivity index (χ1n) is 7.89. The predicted octanol–water partition coefficient (Wildman–Crippen LogP) is 1.27. The summed E-state index contributed by atoms with van der Waals surface area (Å²) in [5.74, 6) is 0.480. The number of nitrogens with zero attached hydrogens (tertiary/aromatic N) is 2. The maximum atomic E-state index is 12.6. The van der Waals surface area contributed by atoms with E-state index in [1.165, 1.54) is 11.1 Å². The molecule has 1 N–H and O–H groups in total. The van der Waals surface area contributed by atoms with Gasteiger partial charge in [0.05, 0.1) is 6.04 Å². The van der Waals surface area contributed by atoms with Crippen LogP contribution in [0.25, 0.3) is 0 Å². The number of rotatable bonds is 3. The lowest BCUT2D eigenvalue weighted by molar-refractivity contribution is -0.135. The Bertz CT molecular complexity index is 517. The number of aliphatic hydroxyl groups is 1. The van der Waals surface area contributed by atoms with Gasteiger partial charge >= 0.3 is 0 Å². The molecule has 0 aliphatic carbocycles. The normalized spacial score (nSPS) is 23.9. The zero-order valence-electron chi connectivity index (χ0n) is 12.7. The Labute approximate surface area is 126 Å². The first-order chi connectivity index (χ1) is 10.2. The molecular weight excluding hydrogens is 264 g/mol. The molecule has 21 heavy (non-hydrogen) atoms. The summed E-state index contributed by atoms with van der Waals surface area (Å²) in [4.78, 5) is 16.8. The summed E-state index contributed by atoms with van der Waals surface area (Å²) in [7, 11) is 0. The minimum Gasteiger partial charge on any atom is -0.396 e. The van der Waals surface area contributed by atoms with Crippen molar-refractivity contribution < 1.29 is 9.90 Å². The largest absolute Gasteiger partial charge is 0.396 e. The van der Waals surface area contributed by atoms with Crippen molar-refractivity contribution in [3.63, 3.8) is 0 Å². The quantitative estimate of drug-likeness (QED) is 0.911. The van der Waals surface area contributed by atoms with E-state index in [-0.39, 0.29) is 24.5 Å². The molecule has 4 heteroatoms. The lowest BCUT2D eigenvalue weighted by Gasteiger charge is -2.34. The number of benzene rings is 1. The molecule has 0 spiro atoms. The second-order valence-corrected chi connectivity index (χ2v) is 6.29. The number of amides is 1. The van der Waals surface area contributed by atoms with Crippen molar-refractivity contribution in [2.75, 3.05) is 26.2 Å². The second kappa shape index (κ2) is 6.16. The van der Waals surface area contributed by atoms with Gasteiger partial charge < -0.3 is 10.0 Å². The molecule has 0 bridgehead atoms. The predicted molar refractivity (Wildman–Crippen MR) is 81.8 cm³/mol. The Kier molecular flexibility index (Phi) is 4.27. The standard InChI is InChI=1S/C17H24N2O2/c1-13(17(21)19-8-6-14(10-19)12-20)18-9-7-15-4-2-3-5-16(15)11-18/h2-5,13-14,20H,6-12H2,1H3. The van der Waals surface area contributed by atoms with Crippen LogP contribution in [0.3, 0.4) is 0 Å². The fraction of sp³-hybridized carbons (Fsp3) is 0.588. The Morgan fingerprint density at radius 2 is 2.10 bits per heavy atom. The van der Waals surface area contributed by atoms with E-state index < -0.39 is 0 Å². The minimum absolute atomic E-state index is 0.0733. The lowest BCUT2D eigenvalue weighted by Crippen LogP contribution is -2.48. The highest BCUT2D eigenvalue weighted by atomic mass is 16.3. The van der Waals surface area contributed by atoms with Gasteiger partial charge in [0.25, 0.3) is 0 Å². The van der Waals surface area contributed by atoms with E-state index in [9.17, 15) is 9.90 Å². The Balaban J connectivity index is 1.64. The maximum absolute atomic E-state index is 12.6. The lowest BCUT2D eigenvalue weighted by atomic mass is 9.98. The van der Waals surface area contributed by atoms with Gasteiger partial charge in [0.1, 0.15) is 0 Å². The maximum Gasteiger partial charge on any atom is 0.239 e. The van der Waals surface area contributed by atoms with Gasteiger partial charge in [-0.15, -0.1) is 0 Å². The molecule has 0 radical (unpaired) electrons. The number of hydrogen-bond donors (Lipinski definition) is 1. The molecule has 0 aromatic heterocycles. The third kappa shape index (κ3) is 2.97. The highest BCUT2D eigenvalue weighted by molar-refractivity contribution is 5.81. The van der Waals surface area contributed by atoms with Crippen molar-refractivity contribution in [3.05, 3.63) is 35.4 Å². The fourth-order valence-electron chi connectivity index (χ4n) is 3.45. The van der Waals surface area contributed by atoms with Crippen LogP contribution >= 0.6 is 0 Å². The SMILES string of the molecule is CC(C(=O)N1CCC(CO)C1)N1CCc2ccccc2C1. The fourth-order valence-corrected chi connectivity index (χ4v) is 3.45. The summed E-state index contributed by atoms with van der Waals surface area (Å²) < 4.78 is 0. The van der Waals surface area contributed by atoms with E-state index >= 15 is 0 Å². The van der Waals surface area contributed by atoms with E-state index in [4.69, 9.17) is 0 Å². The van der Waals surface area contributed by atoms with Crippen LogP contribution in [0.15, 0.2) is 24.3 Å². The summed E-state index contributed by atoms with van der Waals surface area (Å²) in [6.07, 6.45) is 1.95. The average molecular weight is 288 g/mol. The van der Waals surface area contributed by atoms with E-state index in [2.05, 4.69) is 29.2 Å².